The molecule has 164 valence electrons. The van der Waals surface area contributed by atoms with Gasteiger partial charge in [0.15, 0.2) is 6.61 Å². The Morgan fingerprint density at radius 3 is 2.74 bits per heavy atom. The second-order valence-electron chi connectivity index (χ2n) is 6.91. The number of ether oxygens (including phenoxy) is 1. The van der Waals surface area contributed by atoms with Crippen LogP contribution in [0.1, 0.15) is 5.56 Å². The lowest BCUT2D eigenvalue weighted by atomic mass is 10.2. The van der Waals surface area contributed by atoms with Crippen LogP contribution in [0.3, 0.4) is 0 Å². The number of sulfonamides is 1. The molecule has 1 aliphatic rings. The Kier molecular flexibility index (Phi) is 6.10. The number of hydrogen-bond acceptors (Lipinski definition) is 7. The first-order chi connectivity index (χ1) is 14.8. The second-order valence-corrected chi connectivity index (χ2v) is 9.26. The van der Waals surface area contributed by atoms with E-state index in [-0.39, 0.29) is 24.6 Å². The van der Waals surface area contributed by atoms with Crippen molar-refractivity contribution >= 4 is 44.3 Å². The quantitative estimate of drug-likeness (QED) is 0.586. The number of carbonyl (C=O) groups excluding carboxylic acids is 1. The highest BCUT2D eigenvalue weighted by atomic mass is 35.5. The van der Waals surface area contributed by atoms with Gasteiger partial charge in [-0.25, -0.2) is 8.42 Å². The van der Waals surface area contributed by atoms with E-state index >= 15 is 0 Å². The number of aromatic nitrogens is 3. The molecule has 1 N–H and O–H groups in total. The van der Waals surface area contributed by atoms with Gasteiger partial charge in [0.25, 0.3) is 5.91 Å². The van der Waals surface area contributed by atoms with Gasteiger partial charge in [-0.2, -0.15) is 4.31 Å². The molecule has 0 aliphatic carbocycles. The molecule has 0 spiro atoms. The third-order valence-electron chi connectivity index (χ3n) is 4.77. The summed E-state index contributed by atoms with van der Waals surface area (Å²) in [5, 5.41) is 11.0. The number of rotatable bonds is 6. The maximum Gasteiger partial charge on any atom is 0.265 e. The lowest BCUT2D eigenvalue weighted by Crippen LogP contribution is -2.40. The minimum Gasteiger partial charge on any atom is -0.385 e. The van der Waals surface area contributed by atoms with Crippen LogP contribution in [0.25, 0.3) is 11.0 Å². The van der Waals surface area contributed by atoms with Crippen LogP contribution in [0.2, 0.25) is 5.02 Å². The largest absolute Gasteiger partial charge is 0.385 e. The number of carbonyl (C=O) groups is 1. The van der Waals surface area contributed by atoms with Crippen LogP contribution in [0.4, 0.5) is 5.69 Å². The zero-order valence-corrected chi connectivity index (χ0v) is 18.2. The molecule has 1 aromatic heterocycles. The topological polar surface area (TPSA) is 116 Å². The molecule has 2 heterocycles. The number of fused-ring (bicyclic) bond motifs is 1. The summed E-state index contributed by atoms with van der Waals surface area (Å²) in [6, 6.07) is 9.61. The van der Waals surface area contributed by atoms with Crippen molar-refractivity contribution in [3.63, 3.8) is 0 Å². The van der Waals surface area contributed by atoms with Crippen molar-refractivity contribution in [2.75, 3.05) is 38.2 Å². The first kappa shape index (κ1) is 21.5. The number of amides is 1. The van der Waals surface area contributed by atoms with E-state index in [0.29, 0.717) is 35.0 Å². The van der Waals surface area contributed by atoms with Gasteiger partial charge in [0.1, 0.15) is 11.0 Å². The third kappa shape index (κ3) is 4.64. The Bertz CT molecular complexity index is 1220. The molecule has 3 aromatic rings. The van der Waals surface area contributed by atoms with Crippen LogP contribution in [0.5, 0.6) is 0 Å². The molecule has 4 rings (SSSR count). The Morgan fingerprint density at radius 1 is 1.23 bits per heavy atom. The van der Waals surface area contributed by atoms with Crippen molar-refractivity contribution in [2.24, 2.45) is 0 Å². The summed E-state index contributed by atoms with van der Waals surface area (Å²) in [4.78, 5) is 18.8. The average Bonchev–Trinajstić information content (AvgIpc) is 3.18. The van der Waals surface area contributed by atoms with Crippen LogP contribution < -0.4 is 10.2 Å². The van der Waals surface area contributed by atoms with Crippen LogP contribution in [0.15, 0.2) is 41.3 Å². The molecule has 1 aliphatic heterocycles. The van der Waals surface area contributed by atoms with Crippen LogP contribution in [-0.4, -0.2) is 66.7 Å². The van der Waals surface area contributed by atoms with Gasteiger partial charge in [0, 0.05) is 23.8 Å². The summed E-state index contributed by atoms with van der Waals surface area (Å²) < 4.78 is 32.4. The Hall–Kier alpha value is -2.73. The third-order valence-corrected chi connectivity index (χ3v) is 7.07. The van der Waals surface area contributed by atoms with Gasteiger partial charge in [0.2, 0.25) is 10.0 Å². The smallest absolute Gasteiger partial charge is 0.265 e. The normalized spacial score (nSPS) is 15.2. The van der Waals surface area contributed by atoms with Crippen LogP contribution in [-0.2, 0) is 19.6 Å². The number of hydrogen-bond donors (Lipinski definition) is 1. The van der Waals surface area contributed by atoms with E-state index in [1.54, 1.807) is 24.3 Å². The van der Waals surface area contributed by atoms with Gasteiger partial charge in [-0.1, -0.05) is 22.5 Å². The molecule has 2 aromatic carbocycles. The molecule has 10 nitrogen and oxygen atoms in total. The molecule has 31 heavy (non-hydrogen) atoms. The maximum atomic E-state index is 12.9. The number of halogens is 1. The molecule has 0 unspecified atom stereocenters. The van der Waals surface area contributed by atoms with Crippen molar-refractivity contribution in [1.29, 1.82) is 0 Å². The van der Waals surface area contributed by atoms with Gasteiger partial charge in [-0.3, -0.25) is 4.79 Å². The molecule has 0 saturated carbocycles. The summed E-state index contributed by atoms with van der Waals surface area (Å²) in [5.41, 5.74) is 2.20. The van der Waals surface area contributed by atoms with Crippen molar-refractivity contribution < 1.29 is 22.8 Å². The summed E-state index contributed by atoms with van der Waals surface area (Å²) in [5.74, 6) is -0.430. The molecule has 0 radical (unpaired) electrons. The fourth-order valence-corrected chi connectivity index (χ4v) is 4.67. The molecule has 1 amide bonds. The van der Waals surface area contributed by atoms with E-state index in [4.69, 9.17) is 21.2 Å². The fourth-order valence-electron chi connectivity index (χ4n) is 3.06. The van der Waals surface area contributed by atoms with Crippen molar-refractivity contribution in [1.82, 2.24) is 19.5 Å². The molecule has 12 heteroatoms. The van der Waals surface area contributed by atoms with E-state index in [1.165, 1.54) is 16.4 Å². The first-order valence-corrected chi connectivity index (χ1v) is 11.3. The lowest BCUT2D eigenvalue weighted by Gasteiger charge is -2.26. The fraction of sp³-hybridized carbons (Fsp3) is 0.316. The van der Waals surface area contributed by atoms with E-state index in [9.17, 15) is 13.2 Å². The standard InChI is InChI=1S/C19H20ClN5O5S/c1-13-2-3-14(10-16(13)20)21-19(26)12-30-25-18-11-15(4-5-17(18)22-23-25)31(27,28)24-6-8-29-9-7-24/h2-5,10-11H,6-9,12H2,1H3,(H,21,26). The van der Waals surface area contributed by atoms with Gasteiger partial charge < -0.3 is 14.9 Å². The number of aryl methyl sites for hydroxylation is 1. The van der Waals surface area contributed by atoms with E-state index in [2.05, 4.69) is 15.6 Å². The molecule has 0 atom stereocenters. The number of anilines is 1. The summed E-state index contributed by atoms with van der Waals surface area (Å²) in [6.07, 6.45) is 0. The van der Waals surface area contributed by atoms with Gasteiger partial charge >= 0.3 is 0 Å². The van der Waals surface area contributed by atoms with Gasteiger partial charge in [-0.05, 0) is 48.0 Å². The highest BCUT2D eigenvalue weighted by Gasteiger charge is 2.27. The van der Waals surface area contributed by atoms with E-state index in [0.717, 1.165) is 10.4 Å². The highest BCUT2D eigenvalue weighted by molar-refractivity contribution is 7.89. The SMILES string of the molecule is Cc1ccc(NC(=O)COn2nnc3ccc(S(=O)(=O)N4CCOCC4)cc32)cc1Cl. The Labute approximate surface area is 183 Å². The first-order valence-electron chi connectivity index (χ1n) is 9.47. The van der Waals surface area contributed by atoms with Gasteiger partial charge in [-0.15, -0.1) is 5.10 Å². The average molecular weight is 466 g/mol. The zero-order valence-electron chi connectivity index (χ0n) is 16.6. The minimum atomic E-state index is -3.69. The summed E-state index contributed by atoms with van der Waals surface area (Å²) in [7, 11) is -3.69. The van der Waals surface area contributed by atoms with Crippen LogP contribution >= 0.6 is 11.6 Å². The predicted octanol–water partition coefficient (Wildman–Crippen LogP) is 1.48. The van der Waals surface area contributed by atoms with E-state index < -0.39 is 15.9 Å². The second kappa shape index (κ2) is 8.79. The zero-order chi connectivity index (χ0) is 22.0. The molecular weight excluding hydrogens is 446 g/mol. The number of morpholine rings is 1. The molecule has 0 bridgehead atoms. The minimum absolute atomic E-state index is 0.0906. The molecular formula is C19H20ClN5O5S. The van der Waals surface area contributed by atoms with Gasteiger partial charge in [0.05, 0.1) is 18.1 Å². The van der Waals surface area contributed by atoms with Crippen LogP contribution in [0, 0.1) is 6.92 Å². The number of nitrogens with one attached hydrogen (secondary N) is 1. The number of benzene rings is 2. The van der Waals surface area contributed by atoms with E-state index in [1.807, 2.05) is 6.92 Å². The Morgan fingerprint density at radius 2 is 2.00 bits per heavy atom. The predicted molar refractivity (Wildman–Crippen MR) is 113 cm³/mol. The van der Waals surface area contributed by atoms with Crippen molar-refractivity contribution in [2.45, 2.75) is 11.8 Å². The number of nitrogens with zero attached hydrogens (tertiary/aromatic N) is 4. The monoisotopic (exact) mass is 465 g/mol. The molecule has 1 saturated heterocycles. The Balaban J connectivity index is 1.48. The lowest BCUT2D eigenvalue weighted by molar-refractivity contribution is -0.121. The summed E-state index contributed by atoms with van der Waals surface area (Å²) >= 11 is 6.06. The summed E-state index contributed by atoms with van der Waals surface area (Å²) in [6.45, 7) is 2.79. The maximum absolute atomic E-state index is 12.9. The van der Waals surface area contributed by atoms with Crippen molar-refractivity contribution in [3.8, 4) is 0 Å². The molecule has 1 fully saturated rings. The van der Waals surface area contributed by atoms with Crippen molar-refractivity contribution in [3.05, 3.63) is 47.0 Å². The highest BCUT2D eigenvalue weighted by Crippen LogP contribution is 2.22.